The monoisotopic (exact) mass is 353 g/mol. The first kappa shape index (κ1) is 15.3. The normalized spacial score (nSPS) is 20.3. The van der Waals surface area contributed by atoms with Crippen LogP contribution in [0.15, 0.2) is 18.3 Å². The van der Waals surface area contributed by atoms with E-state index in [-0.39, 0.29) is 11.9 Å². The zero-order valence-electron chi connectivity index (χ0n) is 14.4. The van der Waals surface area contributed by atoms with Crippen LogP contribution >= 0.6 is 0 Å². The molecule has 0 aromatic carbocycles. The highest BCUT2D eigenvalue weighted by Crippen LogP contribution is 2.35. The number of aromatic amines is 1. The van der Waals surface area contributed by atoms with Crippen molar-refractivity contribution in [1.82, 2.24) is 25.0 Å². The fourth-order valence-corrected chi connectivity index (χ4v) is 3.63. The number of carbonyl (C=O) groups is 1. The zero-order chi connectivity index (χ0) is 17.7. The fourth-order valence-electron chi connectivity index (χ4n) is 3.63. The Hall–Kier alpha value is -2.94. The molecule has 9 heteroatoms. The molecule has 0 aliphatic carbocycles. The Labute approximate surface area is 149 Å². The highest BCUT2D eigenvalue weighted by atomic mass is 16.5. The van der Waals surface area contributed by atoms with Crippen LogP contribution in [0.3, 0.4) is 0 Å². The summed E-state index contributed by atoms with van der Waals surface area (Å²) in [7, 11) is 0. The number of nitrogens with zero attached hydrogens (tertiary/aromatic N) is 5. The highest BCUT2D eigenvalue weighted by Gasteiger charge is 2.26. The van der Waals surface area contributed by atoms with Crippen molar-refractivity contribution in [3.63, 3.8) is 0 Å². The first-order valence-corrected chi connectivity index (χ1v) is 8.76. The molecule has 3 aromatic heterocycles. The Morgan fingerprint density at radius 2 is 2.27 bits per heavy atom. The van der Waals surface area contributed by atoms with Crippen LogP contribution in [-0.2, 0) is 16.1 Å². The number of amides is 1. The molecule has 1 fully saturated rings. The molecule has 134 valence electrons. The molecule has 1 atom stereocenters. The number of morpholine rings is 1. The number of rotatable bonds is 2. The quantitative estimate of drug-likeness (QED) is 0.722. The van der Waals surface area contributed by atoms with Crippen LogP contribution < -0.4 is 10.2 Å². The molecular weight excluding hydrogens is 334 g/mol. The summed E-state index contributed by atoms with van der Waals surface area (Å²) in [6.07, 6.45) is 2.08. The maximum Gasteiger partial charge on any atom is 0.226 e. The second kappa shape index (κ2) is 5.80. The van der Waals surface area contributed by atoms with Crippen molar-refractivity contribution >= 4 is 28.4 Å². The van der Waals surface area contributed by atoms with Crippen LogP contribution in [0.5, 0.6) is 0 Å². The minimum absolute atomic E-state index is 0.00735. The minimum atomic E-state index is -0.00735. The van der Waals surface area contributed by atoms with E-state index in [0.29, 0.717) is 26.2 Å². The van der Waals surface area contributed by atoms with E-state index < -0.39 is 0 Å². The molecule has 2 aliphatic heterocycles. The van der Waals surface area contributed by atoms with E-state index in [4.69, 9.17) is 14.8 Å². The van der Waals surface area contributed by atoms with Crippen LogP contribution in [0.1, 0.15) is 13.3 Å². The number of H-pyrrole nitrogens is 1. The SMILES string of the molecule is CC1COCCN1c1cc2c3c(n1)c(-c1ccn[nH]1)nn3CCC(=O)N2. The van der Waals surface area contributed by atoms with Crippen molar-refractivity contribution in [1.29, 1.82) is 0 Å². The van der Waals surface area contributed by atoms with E-state index in [9.17, 15) is 4.79 Å². The van der Waals surface area contributed by atoms with Gasteiger partial charge in [0.15, 0.2) is 0 Å². The Bertz CT molecular complexity index is 979. The van der Waals surface area contributed by atoms with Crippen LogP contribution in [0.25, 0.3) is 22.4 Å². The lowest BCUT2D eigenvalue weighted by Crippen LogP contribution is -2.44. The summed E-state index contributed by atoms with van der Waals surface area (Å²) in [5, 5.41) is 14.7. The van der Waals surface area contributed by atoms with Gasteiger partial charge in [0.25, 0.3) is 0 Å². The Balaban J connectivity index is 1.74. The van der Waals surface area contributed by atoms with E-state index in [1.54, 1.807) is 6.20 Å². The second-order valence-electron chi connectivity index (χ2n) is 6.68. The number of anilines is 2. The third-order valence-electron chi connectivity index (χ3n) is 4.92. The molecular formula is C17H19N7O2. The molecule has 1 amide bonds. The molecule has 9 nitrogen and oxygen atoms in total. The third-order valence-corrected chi connectivity index (χ3v) is 4.92. The molecule has 0 radical (unpaired) electrons. The summed E-state index contributed by atoms with van der Waals surface area (Å²) in [6, 6.07) is 4.04. The third kappa shape index (κ3) is 2.35. The molecule has 0 bridgehead atoms. The van der Waals surface area contributed by atoms with E-state index in [1.807, 2.05) is 16.8 Å². The molecule has 1 unspecified atom stereocenters. The van der Waals surface area contributed by atoms with Crippen LogP contribution in [0.4, 0.5) is 11.5 Å². The summed E-state index contributed by atoms with van der Waals surface area (Å²) in [5.41, 5.74) is 3.93. The first-order valence-electron chi connectivity index (χ1n) is 8.76. The molecule has 1 saturated heterocycles. The van der Waals surface area contributed by atoms with Gasteiger partial charge in [0.2, 0.25) is 5.91 Å². The minimum Gasteiger partial charge on any atom is -0.377 e. The maximum absolute atomic E-state index is 12.1. The largest absolute Gasteiger partial charge is 0.377 e. The summed E-state index contributed by atoms with van der Waals surface area (Å²) >= 11 is 0. The number of pyridine rings is 1. The number of hydrogen-bond acceptors (Lipinski definition) is 6. The van der Waals surface area contributed by atoms with Gasteiger partial charge in [0.1, 0.15) is 22.5 Å². The van der Waals surface area contributed by atoms with Crippen molar-refractivity contribution in [3.8, 4) is 11.4 Å². The standard InChI is InChI=1S/C17H19N7O2/c1-10-9-26-7-6-23(10)13-8-12-17-16(20-13)15(11-2-4-18-21-11)22-24(17)5-3-14(25)19-12/h2,4,8,10H,3,5-7,9H2,1H3,(H,18,21)(H,19,25). The van der Waals surface area contributed by atoms with Gasteiger partial charge in [-0.2, -0.15) is 10.2 Å². The van der Waals surface area contributed by atoms with E-state index in [0.717, 1.165) is 40.5 Å². The highest BCUT2D eigenvalue weighted by molar-refractivity contribution is 6.05. The number of hydrogen-bond donors (Lipinski definition) is 2. The summed E-state index contributed by atoms with van der Waals surface area (Å²) in [6.45, 7) is 4.73. The van der Waals surface area contributed by atoms with Gasteiger partial charge in [-0.25, -0.2) is 4.98 Å². The summed E-state index contributed by atoms with van der Waals surface area (Å²) < 4.78 is 7.40. The van der Waals surface area contributed by atoms with Gasteiger partial charge in [-0.05, 0) is 13.0 Å². The van der Waals surface area contributed by atoms with Gasteiger partial charge < -0.3 is 15.0 Å². The molecule has 5 heterocycles. The van der Waals surface area contributed by atoms with E-state index >= 15 is 0 Å². The number of aromatic nitrogens is 5. The number of carbonyl (C=O) groups excluding carboxylic acids is 1. The molecule has 2 N–H and O–H groups in total. The number of ether oxygens (including phenoxy) is 1. The van der Waals surface area contributed by atoms with Crippen molar-refractivity contribution in [2.24, 2.45) is 0 Å². The van der Waals surface area contributed by atoms with Gasteiger partial charge in [-0.1, -0.05) is 0 Å². The fraction of sp³-hybridized carbons (Fsp3) is 0.412. The lowest BCUT2D eigenvalue weighted by molar-refractivity contribution is -0.116. The van der Waals surface area contributed by atoms with Gasteiger partial charge in [-0.15, -0.1) is 0 Å². The van der Waals surface area contributed by atoms with Crippen LogP contribution in [0, 0.1) is 0 Å². The van der Waals surface area contributed by atoms with Crippen LogP contribution in [0.2, 0.25) is 0 Å². The van der Waals surface area contributed by atoms with Crippen molar-refractivity contribution < 1.29 is 9.53 Å². The summed E-state index contributed by atoms with van der Waals surface area (Å²) in [5.74, 6) is 0.817. The molecule has 3 aromatic rings. The number of nitrogens with one attached hydrogen (secondary N) is 2. The lowest BCUT2D eigenvalue weighted by atomic mass is 10.2. The Morgan fingerprint density at radius 1 is 1.35 bits per heavy atom. The van der Waals surface area contributed by atoms with Gasteiger partial charge in [0, 0.05) is 25.2 Å². The molecule has 5 rings (SSSR count). The zero-order valence-corrected chi connectivity index (χ0v) is 14.4. The van der Waals surface area contributed by atoms with Gasteiger partial charge in [0.05, 0.1) is 37.2 Å². The first-order chi connectivity index (χ1) is 12.7. The topological polar surface area (TPSA) is 101 Å². The van der Waals surface area contributed by atoms with Crippen LogP contribution in [-0.4, -0.2) is 56.7 Å². The Kier molecular flexibility index (Phi) is 3.42. The molecule has 0 spiro atoms. The number of aryl methyl sites for hydroxylation is 1. The predicted molar refractivity (Wildman–Crippen MR) is 96.0 cm³/mol. The molecule has 2 aliphatic rings. The van der Waals surface area contributed by atoms with E-state index in [2.05, 4.69) is 27.3 Å². The lowest BCUT2D eigenvalue weighted by Gasteiger charge is -2.34. The van der Waals surface area contributed by atoms with Gasteiger partial charge >= 0.3 is 0 Å². The van der Waals surface area contributed by atoms with E-state index in [1.165, 1.54) is 0 Å². The summed E-state index contributed by atoms with van der Waals surface area (Å²) in [4.78, 5) is 19.3. The molecule has 26 heavy (non-hydrogen) atoms. The van der Waals surface area contributed by atoms with Crippen molar-refractivity contribution in [2.75, 3.05) is 30.0 Å². The second-order valence-corrected chi connectivity index (χ2v) is 6.68. The van der Waals surface area contributed by atoms with Gasteiger partial charge in [-0.3, -0.25) is 14.6 Å². The predicted octanol–water partition coefficient (Wildman–Crippen LogP) is 1.39. The smallest absolute Gasteiger partial charge is 0.226 e. The maximum atomic E-state index is 12.1. The van der Waals surface area contributed by atoms with Crippen molar-refractivity contribution in [3.05, 3.63) is 18.3 Å². The average molecular weight is 353 g/mol. The average Bonchev–Trinajstić information content (AvgIpc) is 3.24. The molecule has 0 saturated carbocycles. The van der Waals surface area contributed by atoms with Crippen molar-refractivity contribution in [2.45, 2.75) is 25.9 Å². The Morgan fingerprint density at radius 3 is 3.08 bits per heavy atom.